The fourth-order valence-corrected chi connectivity index (χ4v) is 0.853. The van der Waals surface area contributed by atoms with Gasteiger partial charge in [-0.15, -0.1) is 0 Å². The van der Waals surface area contributed by atoms with Gasteiger partial charge in [0.2, 0.25) is 0 Å². The molecule has 0 aromatic heterocycles. The predicted molar refractivity (Wildman–Crippen MR) is 50.0 cm³/mol. The van der Waals surface area contributed by atoms with Crippen molar-refractivity contribution in [2.75, 3.05) is 19.7 Å². The quantitative estimate of drug-likeness (QED) is 0.490. The van der Waals surface area contributed by atoms with E-state index in [0.29, 0.717) is 12.3 Å². The molecule has 0 radical (unpaired) electrons. The Hall–Kier alpha value is -0.120. The maximum atomic E-state index is 8.99. The lowest BCUT2D eigenvalue weighted by molar-refractivity contribution is 0.0881. The summed E-state index contributed by atoms with van der Waals surface area (Å²) in [7, 11) is 0. The van der Waals surface area contributed by atoms with Crippen molar-refractivity contribution in [3.63, 3.8) is 0 Å². The third kappa shape index (κ3) is 6.58. The van der Waals surface area contributed by atoms with E-state index in [9.17, 15) is 0 Å². The Balaban J connectivity index is 3.10. The maximum Gasteiger partial charge on any atom is 0.0783 e. The monoisotopic (exact) mass is 175 g/mol. The van der Waals surface area contributed by atoms with Gasteiger partial charge in [-0.05, 0) is 25.4 Å². The SMILES string of the molecule is CCC(C)CNCCC(O)CO. The Kier molecular flexibility index (Phi) is 7.45. The molecule has 0 amide bonds. The van der Waals surface area contributed by atoms with Gasteiger partial charge in [0, 0.05) is 0 Å². The standard InChI is InChI=1S/C9H21NO2/c1-3-8(2)6-10-5-4-9(12)7-11/h8-12H,3-7H2,1-2H3. The van der Waals surface area contributed by atoms with Crippen molar-refractivity contribution in [3.8, 4) is 0 Å². The smallest absolute Gasteiger partial charge is 0.0783 e. The Morgan fingerprint density at radius 3 is 2.58 bits per heavy atom. The third-order valence-corrected chi connectivity index (χ3v) is 2.05. The molecule has 0 fully saturated rings. The molecule has 0 heterocycles. The van der Waals surface area contributed by atoms with E-state index in [1.807, 2.05) is 0 Å². The second kappa shape index (κ2) is 7.53. The van der Waals surface area contributed by atoms with Crippen molar-refractivity contribution in [1.82, 2.24) is 5.32 Å². The summed E-state index contributed by atoms with van der Waals surface area (Å²) in [6.07, 6.45) is 1.25. The van der Waals surface area contributed by atoms with Crippen LogP contribution in [-0.2, 0) is 0 Å². The zero-order valence-electron chi connectivity index (χ0n) is 8.08. The number of aliphatic hydroxyl groups excluding tert-OH is 2. The molecule has 3 N–H and O–H groups in total. The second-order valence-electron chi connectivity index (χ2n) is 3.34. The van der Waals surface area contributed by atoms with Gasteiger partial charge in [-0.2, -0.15) is 0 Å². The van der Waals surface area contributed by atoms with Crippen LogP contribution in [0.15, 0.2) is 0 Å². The molecule has 74 valence electrons. The zero-order valence-corrected chi connectivity index (χ0v) is 8.08. The molecule has 0 aliphatic rings. The first kappa shape index (κ1) is 11.9. The fourth-order valence-electron chi connectivity index (χ4n) is 0.853. The number of hydrogen-bond donors (Lipinski definition) is 3. The van der Waals surface area contributed by atoms with Crippen LogP contribution in [0.25, 0.3) is 0 Å². The molecule has 12 heavy (non-hydrogen) atoms. The summed E-state index contributed by atoms with van der Waals surface area (Å²) in [5, 5.41) is 20.7. The molecule has 0 spiro atoms. The molecular formula is C9H21NO2. The molecule has 0 aromatic rings. The molecule has 0 saturated heterocycles. The van der Waals surface area contributed by atoms with E-state index in [1.54, 1.807) is 0 Å². The summed E-state index contributed by atoms with van der Waals surface area (Å²) < 4.78 is 0. The van der Waals surface area contributed by atoms with Crippen LogP contribution >= 0.6 is 0 Å². The second-order valence-corrected chi connectivity index (χ2v) is 3.34. The number of nitrogens with one attached hydrogen (secondary N) is 1. The van der Waals surface area contributed by atoms with Crippen LogP contribution < -0.4 is 5.32 Å². The zero-order chi connectivity index (χ0) is 9.40. The van der Waals surface area contributed by atoms with E-state index in [2.05, 4.69) is 19.2 Å². The lowest BCUT2D eigenvalue weighted by Crippen LogP contribution is -2.26. The minimum atomic E-state index is -0.561. The molecule has 0 aliphatic carbocycles. The Morgan fingerprint density at radius 2 is 2.08 bits per heavy atom. The van der Waals surface area contributed by atoms with E-state index < -0.39 is 6.10 Å². The summed E-state index contributed by atoms with van der Waals surface area (Å²) in [5.74, 6) is 0.691. The summed E-state index contributed by atoms with van der Waals surface area (Å²) in [6.45, 7) is 6.00. The van der Waals surface area contributed by atoms with Gasteiger partial charge < -0.3 is 15.5 Å². The summed E-state index contributed by atoms with van der Waals surface area (Å²) in [5.41, 5.74) is 0. The number of aliphatic hydroxyl groups is 2. The van der Waals surface area contributed by atoms with Crippen molar-refractivity contribution in [2.45, 2.75) is 32.8 Å². The summed E-state index contributed by atoms with van der Waals surface area (Å²) >= 11 is 0. The van der Waals surface area contributed by atoms with E-state index in [4.69, 9.17) is 10.2 Å². The van der Waals surface area contributed by atoms with Gasteiger partial charge in [0.05, 0.1) is 12.7 Å². The van der Waals surface area contributed by atoms with Crippen LogP contribution in [0.2, 0.25) is 0 Å². The minimum absolute atomic E-state index is 0.134. The highest BCUT2D eigenvalue weighted by Gasteiger charge is 2.01. The molecule has 0 aliphatic heterocycles. The van der Waals surface area contributed by atoms with E-state index in [-0.39, 0.29) is 6.61 Å². The lowest BCUT2D eigenvalue weighted by atomic mass is 10.1. The van der Waals surface area contributed by atoms with Gasteiger partial charge in [0.15, 0.2) is 0 Å². The summed E-state index contributed by atoms with van der Waals surface area (Å²) in [6, 6.07) is 0. The van der Waals surface area contributed by atoms with Crippen molar-refractivity contribution < 1.29 is 10.2 Å². The molecule has 3 nitrogen and oxygen atoms in total. The van der Waals surface area contributed by atoms with Gasteiger partial charge in [-0.25, -0.2) is 0 Å². The van der Waals surface area contributed by atoms with Gasteiger partial charge in [0.1, 0.15) is 0 Å². The first-order valence-electron chi connectivity index (χ1n) is 4.70. The highest BCUT2D eigenvalue weighted by molar-refractivity contribution is 4.58. The van der Waals surface area contributed by atoms with E-state index >= 15 is 0 Å². The predicted octanol–water partition coefficient (Wildman–Crippen LogP) is 0.365. The molecule has 2 atom stereocenters. The Bertz CT molecular complexity index is 86.5. The largest absolute Gasteiger partial charge is 0.394 e. The van der Waals surface area contributed by atoms with Crippen LogP contribution in [0.5, 0.6) is 0 Å². The van der Waals surface area contributed by atoms with E-state index in [0.717, 1.165) is 13.1 Å². The van der Waals surface area contributed by atoms with Crippen LogP contribution in [0.1, 0.15) is 26.7 Å². The average molecular weight is 175 g/mol. The van der Waals surface area contributed by atoms with Crippen LogP contribution in [0.3, 0.4) is 0 Å². The van der Waals surface area contributed by atoms with Gasteiger partial charge in [-0.3, -0.25) is 0 Å². The first-order valence-corrected chi connectivity index (χ1v) is 4.70. The Labute approximate surface area is 74.8 Å². The molecule has 0 aromatic carbocycles. The molecule has 0 bridgehead atoms. The molecule has 3 heteroatoms. The first-order chi connectivity index (χ1) is 5.70. The summed E-state index contributed by atoms with van der Waals surface area (Å²) in [4.78, 5) is 0. The third-order valence-electron chi connectivity index (χ3n) is 2.05. The van der Waals surface area contributed by atoms with Gasteiger partial charge in [-0.1, -0.05) is 20.3 Å². The van der Waals surface area contributed by atoms with Crippen molar-refractivity contribution >= 4 is 0 Å². The highest BCUT2D eigenvalue weighted by Crippen LogP contribution is 1.97. The maximum absolute atomic E-state index is 8.99. The normalized spacial score (nSPS) is 16.0. The molecule has 0 rings (SSSR count). The molecule has 0 saturated carbocycles. The van der Waals surface area contributed by atoms with Gasteiger partial charge in [0.25, 0.3) is 0 Å². The Morgan fingerprint density at radius 1 is 1.42 bits per heavy atom. The average Bonchev–Trinajstić information content (AvgIpc) is 2.11. The van der Waals surface area contributed by atoms with Crippen LogP contribution in [0, 0.1) is 5.92 Å². The number of hydrogen-bond acceptors (Lipinski definition) is 3. The minimum Gasteiger partial charge on any atom is -0.394 e. The van der Waals surface area contributed by atoms with Crippen molar-refractivity contribution in [3.05, 3.63) is 0 Å². The molecular weight excluding hydrogens is 154 g/mol. The lowest BCUT2D eigenvalue weighted by Gasteiger charge is -2.11. The van der Waals surface area contributed by atoms with Crippen LogP contribution in [0.4, 0.5) is 0 Å². The topological polar surface area (TPSA) is 52.5 Å². The fraction of sp³-hybridized carbons (Fsp3) is 1.00. The van der Waals surface area contributed by atoms with Gasteiger partial charge >= 0.3 is 0 Å². The molecule has 2 unspecified atom stereocenters. The number of rotatable bonds is 7. The van der Waals surface area contributed by atoms with Crippen LogP contribution in [-0.4, -0.2) is 36.0 Å². The van der Waals surface area contributed by atoms with E-state index in [1.165, 1.54) is 6.42 Å². The highest BCUT2D eigenvalue weighted by atomic mass is 16.3. The van der Waals surface area contributed by atoms with Crippen molar-refractivity contribution in [1.29, 1.82) is 0 Å². The van der Waals surface area contributed by atoms with Crippen molar-refractivity contribution in [2.24, 2.45) is 5.92 Å².